The van der Waals surface area contributed by atoms with Crippen molar-refractivity contribution in [2.75, 3.05) is 0 Å². The molecule has 2 aromatic rings. The van der Waals surface area contributed by atoms with Gasteiger partial charge in [0.2, 0.25) is 0 Å². The molecule has 0 unspecified atom stereocenters. The summed E-state index contributed by atoms with van der Waals surface area (Å²) < 4.78 is 0. The number of hydrogen-bond acceptors (Lipinski definition) is 1. The lowest BCUT2D eigenvalue weighted by molar-refractivity contribution is -0.122. The summed E-state index contributed by atoms with van der Waals surface area (Å²) in [4.78, 5) is 12.2. The molecule has 0 saturated heterocycles. The quantitative estimate of drug-likeness (QED) is 0.777. The van der Waals surface area contributed by atoms with Gasteiger partial charge in [0.05, 0.1) is 0 Å². The average molecular weight is 278 g/mol. The van der Waals surface area contributed by atoms with Crippen molar-refractivity contribution in [1.29, 1.82) is 0 Å². The number of benzene rings is 2. The number of hydrogen-bond donors (Lipinski definition) is 0. The molecule has 21 heavy (non-hydrogen) atoms. The van der Waals surface area contributed by atoms with Crippen molar-refractivity contribution in [3.63, 3.8) is 0 Å². The first-order chi connectivity index (χ1) is 10.3. The third-order valence-corrected chi connectivity index (χ3v) is 4.87. The summed E-state index contributed by atoms with van der Waals surface area (Å²) in [5, 5.41) is 0. The first-order valence-electron chi connectivity index (χ1n) is 7.86. The van der Waals surface area contributed by atoms with E-state index in [0.717, 1.165) is 12.8 Å². The van der Waals surface area contributed by atoms with E-state index in [1.54, 1.807) is 6.92 Å². The van der Waals surface area contributed by atoms with Gasteiger partial charge in [-0.2, -0.15) is 0 Å². The van der Waals surface area contributed by atoms with Gasteiger partial charge in [-0.25, -0.2) is 0 Å². The molecule has 1 fully saturated rings. The third kappa shape index (κ3) is 3.07. The molecule has 0 radical (unpaired) electrons. The van der Waals surface area contributed by atoms with Crippen LogP contribution >= 0.6 is 0 Å². The van der Waals surface area contributed by atoms with E-state index in [9.17, 15) is 4.79 Å². The van der Waals surface area contributed by atoms with Gasteiger partial charge in [0.15, 0.2) is 0 Å². The first kappa shape index (κ1) is 14.1. The molecule has 0 spiro atoms. The molecule has 2 aromatic carbocycles. The summed E-state index contributed by atoms with van der Waals surface area (Å²) in [7, 11) is 0. The lowest BCUT2D eigenvalue weighted by atomic mass is 9.68. The second-order valence-corrected chi connectivity index (χ2v) is 6.15. The average Bonchev–Trinajstić information content (AvgIpc) is 2.56. The minimum absolute atomic E-state index is 0.159. The molecule has 3 rings (SSSR count). The predicted molar refractivity (Wildman–Crippen MR) is 86.4 cm³/mol. The van der Waals surface area contributed by atoms with Gasteiger partial charge < -0.3 is 0 Å². The van der Waals surface area contributed by atoms with Crippen LogP contribution in [0.25, 0.3) is 0 Å². The van der Waals surface area contributed by atoms with E-state index in [4.69, 9.17) is 0 Å². The molecule has 1 aliphatic carbocycles. The fraction of sp³-hybridized carbons (Fsp3) is 0.350. The lowest BCUT2D eigenvalue weighted by Gasteiger charge is -2.35. The number of ketones is 1. The molecule has 3 atom stereocenters. The topological polar surface area (TPSA) is 17.1 Å². The van der Waals surface area contributed by atoms with Gasteiger partial charge in [0.1, 0.15) is 5.78 Å². The molecule has 108 valence electrons. The van der Waals surface area contributed by atoms with E-state index >= 15 is 0 Å². The van der Waals surface area contributed by atoms with Crippen LogP contribution < -0.4 is 0 Å². The SMILES string of the molecule is CC(=O)[C@@H]1C[C@@H](c2ccccc2)CC[C@H]1c1ccccc1. The highest BCUT2D eigenvalue weighted by molar-refractivity contribution is 5.79. The second-order valence-electron chi connectivity index (χ2n) is 6.15. The van der Waals surface area contributed by atoms with Gasteiger partial charge in [0.25, 0.3) is 0 Å². The minimum Gasteiger partial charge on any atom is -0.300 e. The van der Waals surface area contributed by atoms with Crippen LogP contribution in [-0.2, 0) is 4.79 Å². The largest absolute Gasteiger partial charge is 0.300 e. The molecule has 0 aromatic heterocycles. The van der Waals surface area contributed by atoms with Crippen LogP contribution in [-0.4, -0.2) is 5.78 Å². The Balaban J connectivity index is 1.83. The third-order valence-electron chi connectivity index (χ3n) is 4.87. The smallest absolute Gasteiger partial charge is 0.133 e. The zero-order valence-electron chi connectivity index (χ0n) is 12.5. The summed E-state index contributed by atoms with van der Waals surface area (Å²) in [6.45, 7) is 1.76. The van der Waals surface area contributed by atoms with Crippen molar-refractivity contribution in [3.05, 3.63) is 71.8 Å². The van der Waals surface area contributed by atoms with Gasteiger partial charge in [-0.3, -0.25) is 4.79 Å². The Labute approximate surface area is 127 Å². The normalized spacial score (nSPS) is 25.5. The van der Waals surface area contributed by atoms with E-state index in [2.05, 4.69) is 54.6 Å². The van der Waals surface area contributed by atoms with Gasteiger partial charge in [-0.1, -0.05) is 60.7 Å². The Bertz CT molecular complexity index is 588. The van der Waals surface area contributed by atoms with Crippen LogP contribution in [0.15, 0.2) is 60.7 Å². The molecule has 0 N–H and O–H groups in total. The summed E-state index contributed by atoms with van der Waals surface area (Å²) in [5.74, 6) is 1.42. The highest BCUT2D eigenvalue weighted by atomic mass is 16.1. The van der Waals surface area contributed by atoms with Crippen molar-refractivity contribution in [1.82, 2.24) is 0 Å². The molecular weight excluding hydrogens is 256 g/mol. The number of Topliss-reactive ketones (excluding diaryl/α,β-unsaturated/α-hetero) is 1. The second kappa shape index (κ2) is 6.26. The zero-order chi connectivity index (χ0) is 14.7. The summed E-state index contributed by atoms with van der Waals surface area (Å²) in [6.07, 6.45) is 3.26. The fourth-order valence-corrected chi connectivity index (χ4v) is 3.75. The molecular formula is C20H22O. The Morgan fingerprint density at radius 1 is 0.857 bits per heavy atom. The minimum atomic E-state index is 0.159. The van der Waals surface area contributed by atoms with Crippen LogP contribution in [0, 0.1) is 5.92 Å². The molecule has 0 aliphatic heterocycles. The summed E-state index contributed by atoms with van der Waals surface area (Å²) in [6, 6.07) is 21.2. The van der Waals surface area contributed by atoms with Crippen molar-refractivity contribution in [2.24, 2.45) is 5.92 Å². The maximum Gasteiger partial charge on any atom is 0.133 e. The Kier molecular flexibility index (Phi) is 4.19. The molecule has 1 saturated carbocycles. The maximum atomic E-state index is 12.2. The van der Waals surface area contributed by atoms with Crippen molar-refractivity contribution in [3.8, 4) is 0 Å². The van der Waals surface area contributed by atoms with Gasteiger partial charge in [-0.15, -0.1) is 0 Å². The monoisotopic (exact) mass is 278 g/mol. The van der Waals surface area contributed by atoms with Gasteiger partial charge in [-0.05, 0) is 49.1 Å². The number of carbonyl (C=O) groups excluding carboxylic acids is 1. The standard InChI is InChI=1S/C20H22O/c1-15(21)20-14-18(16-8-4-2-5-9-16)12-13-19(20)17-10-6-3-7-11-17/h2-11,18-20H,12-14H2,1H3/t18-,19-,20-/m0/s1. The number of carbonyl (C=O) groups is 1. The Morgan fingerprint density at radius 3 is 2.00 bits per heavy atom. The zero-order valence-corrected chi connectivity index (χ0v) is 12.5. The molecule has 1 nitrogen and oxygen atoms in total. The van der Waals surface area contributed by atoms with E-state index in [0.29, 0.717) is 17.6 Å². The maximum absolute atomic E-state index is 12.2. The molecule has 1 aliphatic rings. The highest BCUT2D eigenvalue weighted by Gasteiger charge is 2.34. The van der Waals surface area contributed by atoms with Gasteiger partial charge >= 0.3 is 0 Å². The lowest BCUT2D eigenvalue weighted by Crippen LogP contribution is -2.27. The molecule has 0 bridgehead atoms. The van der Waals surface area contributed by atoms with Crippen molar-refractivity contribution in [2.45, 2.75) is 38.0 Å². The summed E-state index contributed by atoms with van der Waals surface area (Å²) >= 11 is 0. The first-order valence-corrected chi connectivity index (χ1v) is 7.86. The Hall–Kier alpha value is -1.89. The van der Waals surface area contributed by atoms with Crippen LogP contribution in [0.4, 0.5) is 0 Å². The van der Waals surface area contributed by atoms with E-state index in [-0.39, 0.29) is 5.92 Å². The molecule has 0 heterocycles. The summed E-state index contributed by atoms with van der Waals surface area (Å²) in [5.41, 5.74) is 2.71. The van der Waals surface area contributed by atoms with E-state index < -0.39 is 0 Å². The van der Waals surface area contributed by atoms with Crippen LogP contribution in [0.2, 0.25) is 0 Å². The highest BCUT2D eigenvalue weighted by Crippen LogP contribution is 2.44. The molecule has 1 heteroatoms. The van der Waals surface area contributed by atoms with Crippen molar-refractivity contribution < 1.29 is 4.79 Å². The van der Waals surface area contributed by atoms with E-state index in [1.807, 2.05) is 6.07 Å². The van der Waals surface area contributed by atoms with Crippen LogP contribution in [0.5, 0.6) is 0 Å². The van der Waals surface area contributed by atoms with Crippen molar-refractivity contribution >= 4 is 5.78 Å². The fourth-order valence-electron chi connectivity index (χ4n) is 3.75. The van der Waals surface area contributed by atoms with Gasteiger partial charge in [0, 0.05) is 5.92 Å². The van der Waals surface area contributed by atoms with Crippen LogP contribution in [0.1, 0.15) is 49.1 Å². The Morgan fingerprint density at radius 2 is 1.43 bits per heavy atom. The number of rotatable bonds is 3. The van der Waals surface area contributed by atoms with E-state index in [1.165, 1.54) is 17.5 Å². The molecule has 0 amide bonds. The predicted octanol–water partition coefficient (Wildman–Crippen LogP) is 4.94. The van der Waals surface area contributed by atoms with Crippen LogP contribution in [0.3, 0.4) is 0 Å².